The van der Waals surface area contributed by atoms with Gasteiger partial charge < -0.3 is 20.2 Å². The summed E-state index contributed by atoms with van der Waals surface area (Å²) in [6, 6.07) is 24.8. The van der Waals surface area contributed by atoms with E-state index in [1.807, 2.05) is 47.4 Å². The Labute approximate surface area is 204 Å². The van der Waals surface area contributed by atoms with Crippen LogP contribution in [0.25, 0.3) is 0 Å². The smallest absolute Gasteiger partial charge is 0.323 e. The summed E-state index contributed by atoms with van der Waals surface area (Å²) in [6.45, 7) is 0.253. The second kappa shape index (κ2) is 9.62. The van der Waals surface area contributed by atoms with Crippen molar-refractivity contribution in [2.45, 2.75) is 25.3 Å². The van der Waals surface area contributed by atoms with Crippen LogP contribution in [0.4, 0.5) is 17.1 Å². The number of para-hydroxylation sites is 1. The zero-order valence-corrected chi connectivity index (χ0v) is 19.3. The second-order valence-electron chi connectivity index (χ2n) is 9.13. The summed E-state index contributed by atoms with van der Waals surface area (Å²) in [6.07, 6.45) is 1.90. The van der Waals surface area contributed by atoms with Crippen molar-refractivity contribution in [2.24, 2.45) is 5.92 Å². The Morgan fingerprint density at radius 1 is 0.857 bits per heavy atom. The number of hydrogen-bond donors (Lipinski definition) is 2. The molecule has 2 N–H and O–H groups in total. The van der Waals surface area contributed by atoms with Crippen molar-refractivity contribution in [1.82, 2.24) is 4.90 Å². The predicted molar refractivity (Wildman–Crippen MR) is 134 cm³/mol. The van der Waals surface area contributed by atoms with Gasteiger partial charge in [-0.15, -0.1) is 0 Å². The van der Waals surface area contributed by atoms with E-state index < -0.39 is 11.9 Å². The number of rotatable bonds is 7. The van der Waals surface area contributed by atoms with Gasteiger partial charge in [-0.1, -0.05) is 42.5 Å². The highest BCUT2D eigenvalue weighted by atomic mass is 16.4. The molecule has 7 nitrogen and oxygen atoms in total. The third-order valence-electron chi connectivity index (χ3n) is 6.81. The fourth-order valence-corrected chi connectivity index (χ4v) is 5.06. The lowest BCUT2D eigenvalue weighted by Crippen LogP contribution is -2.38. The molecular weight excluding hydrogens is 442 g/mol. The van der Waals surface area contributed by atoms with Crippen molar-refractivity contribution >= 4 is 34.8 Å². The zero-order chi connectivity index (χ0) is 24.4. The summed E-state index contributed by atoms with van der Waals surface area (Å²) in [5.41, 5.74) is 4.66. The lowest BCUT2D eigenvalue weighted by Gasteiger charge is -2.24. The molecule has 3 aromatic carbocycles. The fourth-order valence-electron chi connectivity index (χ4n) is 5.06. The van der Waals surface area contributed by atoms with Gasteiger partial charge in [0.25, 0.3) is 0 Å². The first-order valence-electron chi connectivity index (χ1n) is 11.8. The minimum atomic E-state index is -0.938. The van der Waals surface area contributed by atoms with Crippen LogP contribution in [0.1, 0.15) is 17.5 Å². The Kier molecular flexibility index (Phi) is 6.23. The van der Waals surface area contributed by atoms with Gasteiger partial charge in [0, 0.05) is 36.1 Å². The Balaban J connectivity index is 1.22. The molecule has 0 bridgehead atoms. The predicted octanol–water partition coefficient (Wildman–Crippen LogP) is 3.86. The molecule has 1 heterocycles. The summed E-state index contributed by atoms with van der Waals surface area (Å²) in [7, 11) is 0. The number of carbonyl (C=O) groups is 3. The summed E-state index contributed by atoms with van der Waals surface area (Å²) in [4.78, 5) is 40.6. The third kappa shape index (κ3) is 4.89. The number of nitrogens with zero attached hydrogens (tertiary/aromatic N) is 2. The summed E-state index contributed by atoms with van der Waals surface area (Å²) in [5, 5.41) is 12.3. The summed E-state index contributed by atoms with van der Waals surface area (Å²) >= 11 is 0. The van der Waals surface area contributed by atoms with E-state index in [0.29, 0.717) is 17.9 Å². The lowest BCUT2D eigenvalue weighted by molar-refractivity contribution is -0.135. The van der Waals surface area contributed by atoms with Gasteiger partial charge in [0.1, 0.15) is 6.54 Å². The maximum atomic E-state index is 12.9. The molecule has 1 unspecified atom stereocenters. The van der Waals surface area contributed by atoms with Gasteiger partial charge in [0.15, 0.2) is 0 Å². The van der Waals surface area contributed by atoms with Crippen LogP contribution in [0.3, 0.4) is 0 Å². The van der Waals surface area contributed by atoms with Crippen LogP contribution in [0.2, 0.25) is 0 Å². The number of nitrogens with one attached hydrogen (secondary N) is 1. The van der Waals surface area contributed by atoms with Crippen LogP contribution in [0.5, 0.6) is 0 Å². The topological polar surface area (TPSA) is 90.0 Å². The van der Waals surface area contributed by atoms with Crippen molar-refractivity contribution in [3.8, 4) is 0 Å². The van der Waals surface area contributed by atoms with Crippen molar-refractivity contribution < 1.29 is 19.5 Å². The van der Waals surface area contributed by atoms with E-state index in [1.54, 1.807) is 29.2 Å². The van der Waals surface area contributed by atoms with Gasteiger partial charge in [-0.25, -0.2) is 0 Å². The van der Waals surface area contributed by atoms with Gasteiger partial charge in [-0.3, -0.25) is 14.4 Å². The maximum absolute atomic E-state index is 12.9. The van der Waals surface area contributed by atoms with E-state index >= 15 is 0 Å². The number of aliphatic carboxylic acids is 1. The normalized spacial score (nSPS) is 17.3. The molecule has 1 saturated heterocycles. The molecule has 1 aliphatic carbocycles. The van der Waals surface area contributed by atoms with Crippen LogP contribution in [-0.2, 0) is 27.2 Å². The molecule has 0 saturated carbocycles. The van der Waals surface area contributed by atoms with Crippen LogP contribution in [0.15, 0.2) is 78.9 Å². The highest BCUT2D eigenvalue weighted by Crippen LogP contribution is 2.31. The van der Waals surface area contributed by atoms with Crippen molar-refractivity contribution in [3.63, 3.8) is 0 Å². The summed E-state index contributed by atoms with van der Waals surface area (Å²) in [5.74, 6) is -1.47. The lowest BCUT2D eigenvalue weighted by atomic mass is 10.1. The molecule has 1 atom stereocenters. The molecule has 35 heavy (non-hydrogen) atoms. The molecule has 1 fully saturated rings. The van der Waals surface area contributed by atoms with Gasteiger partial charge in [0.2, 0.25) is 11.8 Å². The molecule has 3 aromatic rings. The quantitative estimate of drug-likeness (QED) is 0.548. The number of carboxylic acid groups (broad SMARTS) is 1. The number of carbonyl (C=O) groups excluding carboxylic acids is 2. The molecule has 7 heteroatoms. The first-order chi connectivity index (χ1) is 17.0. The number of anilines is 3. The molecule has 2 amide bonds. The second-order valence-corrected chi connectivity index (χ2v) is 9.13. The average Bonchev–Trinajstić information content (AvgIpc) is 3.47. The molecule has 1 aliphatic heterocycles. The highest BCUT2D eigenvalue weighted by Gasteiger charge is 2.39. The first-order valence-corrected chi connectivity index (χ1v) is 11.8. The monoisotopic (exact) mass is 469 g/mol. The number of benzene rings is 3. The largest absolute Gasteiger partial charge is 0.480 e. The summed E-state index contributed by atoms with van der Waals surface area (Å²) < 4.78 is 0. The highest BCUT2D eigenvalue weighted by molar-refractivity contribution is 5.97. The van der Waals surface area contributed by atoms with Crippen molar-refractivity contribution in [3.05, 3.63) is 90.0 Å². The minimum absolute atomic E-state index is 0.0328. The molecule has 178 valence electrons. The number of fused-ring (bicyclic) bond motifs is 1. The van der Waals surface area contributed by atoms with Crippen LogP contribution in [-0.4, -0.2) is 46.9 Å². The van der Waals surface area contributed by atoms with Crippen LogP contribution in [0, 0.1) is 5.92 Å². The molecule has 2 aliphatic rings. The number of hydrogen-bond acceptors (Lipinski definition) is 4. The van der Waals surface area contributed by atoms with Crippen molar-refractivity contribution in [1.29, 1.82) is 0 Å². The van der Waals surface area contributed by atoms with E-state index in [9.17, 15) is 19.5 Å². The van der Waals surface area contributed by atoms with E-state index in [-0.39, 0.29) is 30.8 Å². The SMILES string of the molecule is O=C(O)CN(c1ccccc1)c1ccc(NC(=O)C2CC(=O)N(C3Cc4ccccc4C3)C2)cc1. The first kappa shape index (κ1) is 22.7. The van der Waals surface area contributed by atoms with E-state index in [1.165, 1.54) is 11.1 Å². The number of amides is 2. The minimum Gasteiger partial charge on any atom is -0.480 e. The number of carboxylic acids is 1. The fraction of sp³-hybridized carbons (Fsp3) is 0.250. The van der Waals surface area contributed by atoms with Gasteiger partial charge >= 0.3 is 5.97 Å². The standard InChI is InChI=1S/C28H27N3O4/c32-26-16-21(17-31(26)25-14-19-6-4-5-7-20(19)15-25)28(35)29-22-10-12-24(13-11-22)30(18-27(33)34)23-8-2-1-3-9-23/h1-13,21,25H,14-18H2,(H,29,35)(H,33,34). The Morgan fingerprint density at radius 3 is 2.09 bits per heavy atom. The molecule has 0 spiro atoms. The van der Waals surface area contributed by atoms with E-state index in [0.717, 1.165) is 18.5 Å². The van der Waals surface area contributed by atoms with Gasteiger partial charge in [-0.2, -0.15) is 0 Å². The maximum Gasteiger partial charge on any atom is 0.323 e. The van der Waals surface area contributed by atoms with Crippen LogP contribution < -0.4 is 10.2 Å². The Bertz CT molecular complexity index is 1220. The number of likely N-dealkylation sites (tertiary alicyclic amines) is 1. The van der Waals surface area contributed by atoms with Crippen LogP contribution >= 0.6 is 0 Å². The zero-order valence-electron chi connectivity index (χ0n) is 19.3. The average molecular weight is 470 g/mol. The Morgan fingerprint density at radius 2 is 1.46 bits per heavy atom. The van der Waals surface area contributed by atoms with Gasteiger partial charge in [0.05, 0.1) is 5.92 Å². The van der Waals surface area contributed by atoms with Crippen molar-refractivity contribution in [2.75, 3.05) is 23.3 Å². The molecular formula is C28H27N3O4. The van der Waals surface area contributed by atoms with E-state index in [2.05, 4.69) is 17.4 Å². The Hall–Kier alpha value is -4.13. The molecule has 5 rings (SSSR count). The van der Waals surface area contributed by atoms with Gasteiger partial charge in [-0.05, 0) is 60.4 Å². The molecule has 0 radical (unpaired) electrons. The van der Waals surface area contributed by atoms with E-state index in [4.69, 9.17) is 0 Å². The third-order valence-corrected chi connectivity index (χ3v) is 6.81. The molecule has 0 aromatic heterocycles.